The monoisotopic (exact) mass is 226 g/mol. The number of nitrogens with zero attached hydrogens (tertiary/aromatic N) is 4. The highest BCUT2D eigenvalue weighted by Gasteiger charge is 2.08. The van der Waals surface area contributed by atoms with Gasteiger partial charge in [0.25, 0.3) is 0 Å². The number of hydrogen-bond donors (Lipinski definition) is 0. The molecule has 0 unspecified atom stereocenters. The third-order valence-corrected chi connectivity index (χ3v) is 2.25. The lowest BCUT2D eigenvalue weighted by molar-refractivity contribution is 0.392. The van der Waals surface area contributed by atoms with Gasteiger partial charge in [-0.3, -0.25) is 4.98 Å². The molecule has 0 aromatic carbocycles. The van der Waals surface area contributed by atoms with E-state index < -0.39 is 0 Å². The van der Waals surface area contributed by atoms with Gasteiger partial charge in [-0.15, -0.1) is 10.2 Å². The van der Waals surface area contributed by atoms with Gasteiger partial charge in [-0.25, -0.2) is 0 Å². The number of pyridine rings is 1. The van der Waals surface area contributed by atoms with Crippen LogP contribution in [0, 0.1) is 11.3 Å². The Hall–Kier alpha value is -2.48. The molecule has 2 heterocycles. The summed E-state index contributed by atoms with van der Waals surface area (Å²) in [5, 5.41) is 16.6. The Balaban J connectivity index is 2.41. The maximum Gasteiger partial charge on any atom is 0.233 e. The number of nitriles is 1. The van der Waals surface area contributed by atoms with E-state index >= 15 is 0 Å². The standard InChI is InChI=1S/C12H10N4O/c1-17-11-5-4-10(15-16-11)12-9(6-7-13)3-2-8-14-12/h2-5,8H,6H2,1H3. The van der Waals surface area contributed by atoms with Crippen LogP contribution in [0.2, 0.25) is 0 Å². The van der Waals surface area contributed by atoms with Crippen molar-refractivity contribution < 1.29 is 4.74 Å². The lowest BCUT2D eigenvalue weighted by atomic mass is 10.1. The van der Waals surface area contributed by atoms with Crippen molar-refractivity contribution in [3.8, 4) is 23.3 Å². The summed E-state index contributed by atoms with van der Waals surface area (Å²) in [6.45, 7) is 0. The third kappa shape index (κ3) is 2.37. The molecule has 2 aromatic heterocycles. The Morgan fingerprint density at radius 3 is 2.82 bits per heavy atom. The highest BCUT2D eigenvalue weighted by molar-refractivity contribution is 5.58. The van der Waals surface area contributed by atoms with E-state index in [0.717, 1.165) is 5.56 Å². The van der Waals surface area contributed by atoms with Crippen molar-refractivity contribution in [2.45, 2.75) is 6.42 Å². The molecule has 0 aliphatic carbocycles. The van der Waals surface area contributed by atoms with Gasteiger partial charge in [0.05, 0.1) is 25.3 Å². The van der Waals surface area contributed by atoms with Gasteiger partial charge in [0.15, 0.2) is 0 Å². The van der Waals surface area contributed by atoms with Crippen LogP contribution in [-0.4, -0.2) is 22.3 Å². The molecule has 0 fully saturated rings. The first-order valence-electron chi connectivity index (χ1n) is 5.04. The molecular weight excluding hydrogens is 216 g/mol. The fraction of sp³-hybridized carbons (Fsp3) is 0.167. The maximum atomic E-state index is 8.74. The molecule has 5 heteroatoms. The van der Waals surface area contributed by atoms with Crippen molar-refractivity contribution in [3.63, 3.8) is 0 Å². The maximum absolute atomic E-state index is 8.74. The van der Waals surface area contributed by atoms with Gasteiger partial charge < -0.3 is 4.74 Å². The Bertz CT molecular complexity index is 545. The molecule has 2 aromatic rings. The lowest BCUT2D eigenvalue weighted by Gasteiger charge is -2.04. The van der Waals surface area contributed by atoms with Gasteiger partial charge in [-0.1, -0.05) is 6.07 Å². The topological polar surface area (TPSA) is 71.7 Å². The van der Waals surface area contributed by atoms with Crippen LogP contribution in [0.25, 0.3) is 11.4 Å². The number of rotatable bonds is 3. The van der Waals surface area contributed by atoms with E-state index in [1.54, 1.807) is 24.4 Å². The highest BCUT2D eigenvalue weighted by Crippen LogP contribution is 2.19. The second kappa shape index (κ2) is 5.03. The van der Waals surface area contributed by atoms with E-state index in [1.165, 1.54) is 7.11 Å². The van der Waals surface area contributed by atoms with E-state index in [-0.39, 0.29) is 0 Å². The molecular formula is C12H10N4O. The van der Waals surface area contributed by atoms with Crippen molar-refractivity contribution in [2.24, 2.45) is 0 Å². The van der Waals surface area contributed by atoms with Crippen LogP contribution >= 0.6 is 0 Å². The Labute approximate surface area is 98.7 Å². The summed E-state index contributed by atoms with van der Waals surface area (Å²) < 4.78 is 4.94. The number of ether oxygens (including phenoxy) is 1. The molecule has 0 atom stereocenters. The van der Waals surface area contributed by atoms with Crippen molar-refractivity contribution in [3.05, 3.63) is 36.0 Å². The van der Waals surface area contributed by atoms with Gasteiger partial charge in [0.1, 0.15) is 5.69 Å². The van der Waals surface area contributed by atoms with Crippen molar-refractivity contribution >= 4 is 0 Å². The molecule has 17 heavy (non-hydrogen) atoms. The lowest BCUT2D eigenvalue weighted by Crippen LogP contribution is -1.97. The van der Waals surface area contributed by atoms with E-state index in [2.05, 4.69) is 21.3 Å². The summed E-state index contributed by atoms with van der Waals surface area (Å²) in [6.07, 6.45) is 1.97. The van der Waals surface area contributed by atoms with Gasteiger partial charge in [-0.2, -0.15) is 5.26 Å². The van der Waals surface area contributed by atoms with Gasteiger partial charge >= 0.3 is 0 Å². The Morgan fingerprint density at radius 2 is 2.18 bits per heavy atom. The van der Waals surface area contributed by atoms with Crippen LogP contribution in [0.4, 0.5) is 0 Å². The molecule has 0 amide bonds. The van der Waals surface area contributed by atoms with Crippen LogP contribution in [0.3, 0.4) is 0 Å². The second-order valence-corrected chi connectivity index (χ2v) is 3.31. The van der Waals surface area contributed by atoms with Crippen LogP contribution in [-0.2, 0) is 6.42 Å². The zero-order valence-corrected chi connectivity index (χ0v) is 9.29. The predicted molar refractivity (Wildman–Crippen MR) is 61.1 cm³/mol. The minimum atomic E-state index is 0.302. The van der Waals surface area contributed by atoms with E-state index in [4.69, 9.17) is 10.00 Å². The average Bonchev–Trinajstić information content (AvgIpc) is 2.40. The first-order valence-corrected chi connectivity index (χ1v) is 5.04. The van der Waals surface area contributed by atoms with Crippen LogP contribution < -0.4 is 4.74 Å². The summed E-state index contributed by atoms with van der Waals surface area (Å²) in [5.74, 6) is 0.450. The number of methoxy groups -OCH3 is 1. The number of aromatic nitrogens is 3. The Kier molecular flexibility index (Phi) is 3.26. The SMILES string of the molecule is COc1ccc(-c2ncccc2CC#N)nn1. The van der Waals surface area contributed by atoms with Crippen molar-refractivity contribution in [1.29, 1.82) is 5.26 Å². The highest BCUT2D eigenvalue weighted by atomic mass is 16.5. The van der Waals surface area contributed by atoms with E-state index in [9.17, 15) is 0 Å². The zero-order valence-electron chi connectivity index (χ0n) is 9.29. The van der Waals surface area contributed by atoms with Crippen LogP contribution in [0.5, 0.6) is 5.88 Å². The molecule has 0 N–H and O–H groups in total. The fourth-order valence-electron chi connectivity index (χ4n) is 1.45. The van der Waals surface area contributed by atoms with E-state index in [0.29, 0.717) is 23.7 Å². The van der Waals surface area contributed by atoms with E-state index in [1.807, 2.05) is 6.07 Å². The molecule has 0 bridgehead atoms. The summed E-state index contributed by atoms with van der Waals surface area (Å²) in [5.41, 5.74) is 2.16. The first kappa shape index (κ1) is 11.0. The van der Waals surface area contributed by atoms with Crippen LogP contribution in [0.1, 0.15) is 5.56 Å². The largest absolute Gasteiger partial charge is 0.480 e. The molecule has 0 aliphatic heterocycles. The summed E-state index contributed by atoms with van der Waals surface area (Å²) in [7, 11) is 1.53. The summed E-state index contributed by atoms with van der Waals surface area (Å²) in [4.78, 5) is 4.23. The quantitative estimate of drug-likeness (QED) is 0.795. The Morgan fingerprint density at radius 1 is 1.29 bits per heavy atom. The summed E-state index contributed by atoms with van der Waals surface area (Å²) in [6, 6.07) is 9.25. The van der Waals surface area contributed by atoms with Gasteiger partial charge in [-0.05, 0) is 17.7 Å². The number of hydrogen-bond acceptors (Lipinski definition) is 5. The predicted octanol–water partition coefficient (Wildman–Crippen LogP) is 1.61. The zero-order chi connectivity index (χ0) is 12.1. The molecule has 84 valence electrons. The fourth-order valence-corrected chi connectivity index (χ4v) is 1.45. The third-order valence-electron chi connectivity index (χ3n) is 2.25. The van der Waals surface area contributed by atoms with Crippen molar-refractivity contribution in [2.75, 3.05) is 7.11 Å². The van der Waals surface area contributed by atoms with Gasteiger partial charge in [0.2, 0.25) is 5.88 Å². The molecule has 0 aliphatic rings. The van der Waals surface area contributed by atoms with Gasteiger partial charge in [0, 0.05) is 12.3 Å². The minimum Gasteiger partial charge on any atom is -0.480 e. The molecule has 2 rings (SSSR count). The first-order chi connectivity index (χ1) is 8.35. The summed E-state index contributed by atoms with van der Waals surface area (Å²) >= 11 is 0. The molecule has 5 nitrogen and oxygen atoms in total. The molecule has 0 saturated heterocycles. The average molecular weight is 226 g/mol. The van der Waals surface area contributed by atoms with Crippen molar-refractivity contribution in [1.82, 2.24) is 15.2 Å². The normalized spacial score (nSPS) is 9.65. The molecule has 0 saturated carbocycles. The molecule has 0 spiro atoms. The smallest absolute Gasteiger partial charge is 0.233 e. The molecule has 0 radical (unpaired) electrons. The second-order valence-electron chi connectivity index (χ2n) is 3.31. The van der Waals surface area contributed by atoms with Crippen LogP contribution in [0.15, 0.2) is 30.5 Å². The minimum absolute atomic E-state index is 0.302.